The minimum Gasteiger partial charge on any atom is -0.377 e. The van der Waals surface area contributed by atoms with E-state index in [1.807, 2.05) is 0 Å². The molecule has 0 aromatic heterocycles. The normalized spacial score (nSPS) is 31.4. The summed E-state index contributed by atoms with van der Waals surface area (Å²) < 4.78 is 20.3. The largest absolute Gasteiger partial charge is 0.377 e. The highest BCUT2D eigenvalue weighted by Crippen LogP contribution is 2.37. The van der Waals surface area contributed by atoms with Gasteiger partial charge in [0.05, 0.1) is 12.0 Å². The number of alkyl halides is 1. The molecule has 6 heteroatoms. The zero-order valence-corrected chi connectivity index (χ0v) is 13.6. The van der Waals surface area contributed by atoms with E-state index in [4.69, 9.17) is 10.5 Å². The molecule has 2 heterocycles. The zero-order chi connectivity index (χ0) is 16.4. The minimum atomic E-state index is -1.61. The highest BCUT2D eigenvalue weighted by Gasteiger charge is 2.44. The van der Waals surface area contributed by atoms with Gasteiger partial charge in [-0.25, -0.2) is 4.39 Å². The Morgan fingerprint density at radius 3 is 2.43 bits per heavy atom. The highest BCUT2D eigenvalue weighted by atomic mass is 19.1. The van der Waals surface area contributed by atoms with Crippen LogP contribution < -0.4 is 5.73 Å². The molecule has 2 saturated heterocycles. The van der Waals surface area contributed by atoms with Gasteiger partial charge >= 0.3 is 0 Å². The Morgan fingerprint density at radius 1 is 1.17 bits per heavy atom. The van der Waals surface area contributed by atoms with Crippen LogP contribution in [0.2, 0.25) is 0 Å². The molecule has 2 aliphatic heterocycles. The maximum absolute atomic E-state index is 14.6. The van der Waals surface area contributed by atoms with Crippen molar-refractivity contribution < 1.29 is 18.7 Å². The summed E-state index contributed by atoms with van der Waals surface area (Å²) in [6, 6.07) is 0. The van der Waals surface area contributed by atoms with E-state index in [0.717, 1.165) is 32.1 Å². The van der Waals surface area contributed by atoms with Crippen LogP contribution in [0, 0.1) is 11.8 Å². The standard InChI is InChI=1S/C17H27FN2O3/c18-17(6-1-2-7-17)16(22)20-8-3-12(4-9-20)11-14-13(15(19)21)5-10-23-14/h12-14H,1-11H2,(H2,19,21)/t13-,14-/m1/s1. The van der Waals surface area contributed by atoms with Gasteiger partial charge in [0.25, 0.3) is 5.91 Å². The van der Waals surface area contributed by atoms with Gasteiger partial charge in [0.1, 0.15) is 0 Å². The predicted molar refractivity (Wildman–Crippen MR) is 83.3 cm³/mol. The van der Waals surface area contributed by atoms with Crippen LogP contribution in [0.5, 0.6) is 0 Å². The van der Waals surface area contributed by atoms with Gasteiger partial charge in [0.15, 0.2) is 5.67 Å². The lowest BCUT2D eigenvalue weighted by atomic mass is 9.86. The van der Waals surface area contributed by atoms with Gasteiger partial charge in [-0.3, -0.25) is 9.59 Å². The van der Waals surface area contributed by atoms with Crippen molar-refractivity contribution in [3.8, 4) is 0 Å². The van der Waals surface area contributed by atoms with Crippen LogP contribution in [0.15, 0.2) is 0 Å². The van der Waals surface area contributed by atoms with Crippen molar-refractivity contribution in [1.29, 1.82) is 0 Å². The molecular formula is C17H27FN2O3. The molecule has 1 aliphatic carbocycles. The Bertz CT molecular complexity index is 457. The number of primary amides is 1. The van der Waals surface area contributed by atoms with Crippen molar-refractivity contribution in [3.63, 3.8) is 0 Å². The van der Waals surface area contributed by atoms with E-state index >= 15 is 0 Å². The summed E-state index contributed by atoms with van der Waals surface area (Å²) in [5.41, 5.74) is 3.81. The second-order valence-corrected chi connectivity index (χ2v) is 7.35. The molecule has 130 valence electrons. The number of rotatable bonds is 4. The summed E-state index contributed by atoms with van der Waals surface area (Å²) in [6.07, 6.45) is 5.53. The number of halogens is 1. The summed E-state index contributed by atoms with van der Waals surface area (Å²) >= 11 is 0. The fraction of sp³-hybridized carbons (Fsp3) is 0.882. The van der Waals surface area contributed by atoms with Gasteiger partial charge in [-0.05, 0) is 57.3 Å². The summed E-state index contributed by atoms with van der Waals surface area (Å²) in [5.74, 6) is -0.341. The molecule has 3 rings (SSSR count). The lowest BCUT2D eigenvalue weighted by molar-refractivity contribution is -0.145. The molecule has 3 fully saturated rings. The Morgan fingerprint density at radius 2 is 1.83 bits per heavy atom. The third-order valence-electron chi connectivity index (χ3n) is 5.82. The number of likely N-dealkylation sites (tertiary alicyclic amines) is 1. The van der Waals surface area contributed by atoms with Gasteiger partial charge < -0.3 is 15.4 Å². The fourth-order valence-electron chi connectivity index (χ4n) is 4.34. The van der Waals surface area contributed by atoms with Crippen LogP contribution in [0.1, 0.15) is 51.4 Å². The quantitative estimate of drug-likeness (QED) is 0.856. The van der Waals surface area contributed by atoms with Crippen LogP contribution in [0.25, 0.3) is 0 Å². The number of carbonyl (C=O) groups is 2. The molecule has 23 heavy (non-hydrogen) atoms. The summed E-state index contributed by atoms with van der Waals surface area (Å²) in [7, 11) is 0. The van der Waals surface area contributed by atoms with E-state index in [2.05, 4.69) is 0 Å². The summed E-state index contributed by atoms with van der Waals surface area (Å²) in [6.45, 7) is 1.83. The van der Waals surface area contributed by atoms with Crippen molar-refractivity contribution in [2.45, 2.75) is 63.1 Å². The topological polar surface area (TPSA) is 72.6 Å². The highest BCUT2D eigenvalue weighted by molar-refractivity contribution is 5.85. The third kappa shape index (κ3) is 3.52. The Labute approximate surface area is 136 Å². The maximum Gasteiger partial charge on any atom is 0.260 e. The van der Waals surface area contributed by atoms with Crippen molar-refractivity contribution in [3.05, 3.63) is 0 Å². The number of nitrogens with two attached hydrogens (primary N) is 1. The smallest absolute Gasteiger partial charge is 0.260 e. The van der Waals surface area contributed by atoms with Gasteiger partial charge in [-0.2, -0.15) is 0 Å². The molecule has 3 aliphatic rings. The van der Waals surface area contributed by atoms with Crippen molar-refractivity contribution >= 4 is 11.8 Å². The van der Waals surface area contributed by atoms with Crippen molar-refractivity contribution in [2.24, 2.45) is 17.6 Å². The first-order chi connectivity index (χ1) is 11.0. The molecule has 0 spiro atoms. The first-order valence-electron chi connectivity index (χ1n) is 8.89. The maximum atomic E-state index is 14.6. The van der Waals surface area contributed by atoms with Crippen LogP contribution in [0.4, 0.5) is 4.39 Å². The monoisotopic (exact) mass is 326 g/mol. The molecule has 0 radical (unpaired) electrons. The second-order valence-electron chi connectivity index (χ2n) is 7.35. The average molecular weight is 326 g/mol. The number of hydrogen-bond donors (Lipinski definition) is 1. The first kappa shape index (κ1) is 16.7. The third-order valence-corrected chi connectivity index (χ3v) is 5.82. The minimum absolute atomic E-state index is 0.0814. The Hall–Kier alpha value is -1.17. The lowest BCUT2D eigenvalue weighted by Crippen LogP contribution is -2.48. The fourth-order valence-corrected chi connectivity index (χ4v) is 4.34. The van der Waals surface area contributed by atoms with Crippen molar-refractivity contribution in [2.75, 3.05) is 19.7 Å². The van der Waals surface area contributed by atoms with E-state index in [1.165, 1.54) is 0 Å². The van der Waals surface area contributed by atoms with Gasteiger partial charge in [-0.15, -0.1) is 0 Å². The number of hydrogen-bond acceptors (Lipinski definition) is 3. The Kier molecular flexibility index (Phi) is 4.90. The molecule has 2 N–H and O–H groups in total. The molecule has 5 nitrogen and oxygen atoms in total. The van der Waals surface area contributed by atoms with Gasteiger partial charge in [0, 0.05) is 19.7 Å². The number of carbonyl (C=O) groups excluding carboxylic acids is 2. The van der Waals surface area contributed by atoms with Gasteiger partial charge in [-0.1, -0.05) is 0 Å². The lowest BCUT2D eigenvalue weighted by Gasteiger charge is -2.36. The first-order valence-corrected chi connectivity index (χ1v) is 8.89. The molecule has 0 aromatic carbocycles. The SMILES string of the molecule is NC(=O)[C@@H]1CCO[C@@H]1CC1CCN(C(=O)C2(F)CCCC2)CC1. The molecular weight excluding hydrogens is 299 g/mol. The number of nitrogens with zero attached hydrogens (tertiary/aromatic N) is 1. The summed E-state index contributed by atoms with van der Waals surface area (Å²) in [5, 5.41) is 0. The molecule has 0 unspecified atom stereocenters. The predicted octanol–water partition coefficient (Wildman–Crippen LogP) is 1.79. The molecule has 1 saturated carbocycles. The van der Waals surface area contributed by atoms with Gasteiger partial charge in [0.2, 0.25) is 5.91 Å². The van der Waals surface area contributed by atoms with Crippen LogP contribution >= 0.6 is 0 Å². The van der Waals surface area contributed by atoms with E-state index in [0.29, 0.717) is 44.9 Å². The molecule has 2 atom stereocenters. The number of piperidine rings is 1. The van der Waals surface area contributed by atoms with E-state index in [9.17, 15) is 14.0 Å². The average Bonchev–Trinajstić information content (AvgIpc) is 3.17. The Balaban J connectivity index is 1.49. The van der Waals surface area contributed by atoms with E-state index < -0.39 is 5.67 Å². The van der Waals surface area contributed by atoms with E-state index in [-0.39, 0.29) is 23.8 Å². The summed E-state index contributed by atoms with van der Waals surface area (Å²) in [4.78, 5) is 25.5. The zero-order valence-electron chi connectivity index (χ0n) is 13.6. The van der Waals surface area contributed by atoms with Crippen LogP contribution in [-0.4, -0.2) is 48.2 Å². The van der Waals surface area contributed by atoms with Crippen LogP contribution in [0.3, 0.4) is 0 Å². The molecule has 2 amide bonds. The molecule has 0 aromatic rings. The second kappa shape index (κ2) is 6.75. The van der Waals surface area contributed by atoms with Crippen molar-refractivity contribution in [1.82, 2.24) is 4.90 Å². The van der Waals surface area contributed by atoms with Crippen LogP contribution in [-0.2, 0) is 14.3 Å². The van der Waals surface area contributed by atoms with E-state index in [1.54, 1.807) is 4.90 Å². The number of ether oxygens (including phenoxy) is 1. The molecule has 0 bridgehead atoms. The number of amides is 2.